The van der Waals surface area contributed by atoms with Crippen molar-refractivity contribution >= 4 is 17.0 Å². The van der Waals surface area contributed by atoms with Crippen molar-refractivity contribution in [3.63, 3.8) is 0 Å². The fourth-order valence-electron chi connectivity index (χ4n) is 2.44. The zero-order chi connectivity index (χ0) is 16.9. The Hall–Kier alpha value is -2.64. The zero-order valence-corrected chi connectivity index (χ0v) is 12.8. The van der Waals surface area contributed by atoms with Crippen LogP contribution in [-0.4, -0.2) is 25.6 Å². The van der Waals surface area contributed by atoms with Crippen molar-refractivity contribution in [2.75, 3.05) is 5.32 Å². The van der Waals surface area contributed by atoms with Gasteiger partial charge in [0.1, 0.15) is 6.33 Å². The van der Waals surface area contributed by atoms with Crippen LogP contribution in [0.4, 0.5) is 19.0 Å². The molecule has 0 unspecified atom stereocenters. The summed E-state index contributed by atoms with van der Waals surface area (Å²) in [6.45, 7) is 1.94. The van der Waals surface area contributed by atoms with Gasteiger partial charge in [-0.25, -0.2) is 15.0 Å². The summed E-state index contributed by atoms with van der Waals surface area (Å²) in [4.78, 5) is 11.6. The zero-order valence-electron chi connectivity index (χ0n) is 12.8. The summed E-state index contributed by atoms with van der Waals surface area (Å²) in [6.07, 6.45) is -1.30. The van der Waals surface area contributed by atoms with Crippen molar-refractivity contribution in [3.05, 3.63) is 42.0 Å². The van der Waals surface area contributed by atoms with Gasteiger partial charge in [-0.15, -0.1) is 0 Å². The molecule has 5 nitrogen and oxygen atoms in total. The Morgan fingerprint density at radius 2 is 1.83 bits per heavy atom. The lowest BCUT2D eigenvalue weighted by Crippen LogP contribution is -2.15. The van der Waals surface area contributed by atoms with Crippen LogP contribution in [0, 0.1) is 6.92 Å². The minimum atomic E-state index is -4.61. The van der Waals surface area contributed by atoms with E-state index < -0.39 is 12.0 Å². The van der Waals surface area contributed by atoms with Gasteiger partial charge in [-0.1, -0.05) is 17.7 Å². The van der Waals surface area contributed by atoms with Crippen LogP contribution in [0.3, 0.4) is 0 Å². The molecule has 24 heavy (non-hydrogen) atoms. The molecule has 3 aromatic rings. The van der Waals surface area contributed by atoms with Gasteiger partial charge in [-0.2, -0.15) is 13.2 Å². The molecule has 1 aromatic carbocycles. The summed E-state index contributed by atoms with van der Waals surface area (Å²) in [5.41, 5.74) is 2.25. The van der Waals surface area contributed by atoms with Crippen molar-refractivity contribution in [3.8, 4) is 5.69 Å². The predicted molar refractivity (Wildman–Crippen MR) is 83.0 cm³/mol. The maximum atomic E-state index is 13.2. The van der Waals surface area contributed by atoms with Crippen molar-refractivity contribution in [2.45, 2.75) is 32.0 Å². The monoisotopic (exact) mass is 333 g/mol. The first-order valence-electron chi connectivity index (χ1n) is 7.58. The van der Waals surface area contributed by atoms with Crippen molar-refractivity contribution in [2.24, 2.45) is 0 Å². The van der Waals surface area contributed by atoms with E-state index in [0.29, 0.717) is 11.2 Å². The smallest absolute Gasteiger partial charge is 0.365 e. The lowest BCUT2D eigenvalue weighted by Gasteiger charge is -2.10. The van der Waals surface area contributed by atoms with Gasteiger partial charge in [-0.3, -0.25) is 4.57 Å². The first-order chi connectivity index (χ1) is 11.4. The highest BCUT2D eigenvalue weighted by atomic mass is 19.4. The van der Waals surface area contributed by atoms with E-state index in [1.54, 1.807) is 4.57 Å². The number of nitrogens with one attached hydrogen (secondary N) is 1. The van der Waals surface area contributed by atoms with Gasteiger partial charge in [-0.05, 0) is 31.9 Å². The van der Waals surface area contributed by atoms with Crippen molar-refractivity contribution in [1.29, 1.82) is 0 Å². The largest absolute Gasteiger partial charge is 0.451 e. The molecule has 1 saturated carbocycles. The fraction of sp³-hybridized carbons (Fsp3) is 0.312. The Balaban J connectivity index is 1.91. The van der Waals surface area contributed by atoms with E-state index in [4.69, 9.17) is 0 Å². The highest BCUT2D eigenvalue weighted by Gasteiger charge is 2.37. The quantitative estimate of drug-likeness (QED) is 0.794. The summed E-state index contributed by atoms with van der Waals surface area (Å²) in [5.74, 6) is -1.02. The van der Waals surface area contributed by atoms with Crippen molar-refractivity contribution < 1.29 is 13.2 Å². The molecule has 4 rings (SSSR count). The molecule has 1 aliphatic rings. The summed E-state index contributed by atoms with van der Waals surface area (Å²) in [6, 6.07) is 7.57. The second-order valence-electron chi connectivity index (χ2n) is 5.93. The molecule has 1 N–H and O–H groups in total. The highest BCUT2D eigenvalue weighted by Crippen LogP contribution is 2.33. The van der Waals surface area contributed by atoms with Crippen LogP contribution in [0.5, 0.6) is 0 Å². The molecule has 1 fully saturated rings. The number of rotatable bonds is 3. The number of halogens is 3. The predicted octanol–water partition coefficient (Wildman–Crippen LogP) is 3.72. The number of nitrogens with zero attached hydrogens (tertiary/aromatic N) is 4. The third kappa shape index (κ3) is 2.68. The first kappa shape index (κ1) is 14.9. The molecule has 2 heterocycles. The molecule has 0 aliphatic heterocycles. The number of anilines is 1. The molecule has 0 spiro atoms. The van der Waals surface area contributed by atoms with Crippen LogP contribution < -0.4 is 5.32 Å². The standard InChI is InChI=1S/C16H14F3N5/c1-9-2-6-11(7-3-9)24-8-20-12-13(21-10-4-5-10)22-15(16(17,18)19)23-14(12)24/h2-3,6-8,10H,4-5H2,1H3,(H,21,22,23). The second-order valence-corrected chi connectivity index (χ2v) is 5.93. The Kier molecular flexibility index (Phi) is 3.22. The van der Waals surface area contributed by atoms with Crippen LogP contribution in [0.15, 0.2) is 30.6 Å². The molecule has 8 heteroatoms. The Labute approximate surface area is 135 Å². The molecular formula is C16H14F3N5. The van der Waals surface area contributed by atoms with Crippen molar-refractivity contribution in [1.82, 2.24) is 19.5 Å². The van der Waals surface area contributed by atoms with E-state index in [-0.39, 0.29) is 17.5 Å². The average molecular weight is 333 g/mol. The maximum Gasteiger partial charge on any atom is 0.451 e. The SMILES string of the molecule is Cc1ccc(-n2cnc3c(NC4CC4)nc(C(F)(F)F)nc32)cc1. The minimum absolute atomic E-state index is 0.140. The molecule has 0 saturated heterocycles. The molecule has 124 valence electrons. The summed E-state index contributed by atoms with van der Waals surface area (Å²) < 4.78 is 41.0. The number of alkyl halides is 3. The highest BCUT2D eigenvalue weighted by molar-refractivity contribution is 5.84. The van der Waals surface area contributed by atoms with E-state index in [9.17, 15) is 13.2 Å². The Morgan fingerprint density at radius 3 is 2.46 bits per heavy atom. The molecule has 1 aliphatic carbocycles. The number of aromatic nitrogens is 4. The number of benzene rings is 1. The number of hydrogen-bond acceptors (Lipinski definition) is 4. The van der Waals surface area contributed by atoms with Crippen LogP contribution >= 0.6 is 0 Å². The normalized spacial score (nSPS) is 15.0. The minimum Gasteiger partial charge on any atom is -0.365 e. The van der Waals surface area contributed by atoms with Gasteiger partial charge in [0.05, 0.1) is 0 Å². The topological polar surface area (TPSA) is 55.6 Å². The molecule has 0 amide bonds. The summed E-state index contributed by atoms with van der Waals surface area (Å²) in [5, 5.41) is 3.02. The summed E-state index contributed by atoms with van der Waals surface area (Å²) in [7, 11) is 0. The Bertz CT molecular complexity index is 894. The van der Waals surface area contributed by atoms with Crippen LogP contribution in [0.25, 0.3) is 16.9 Å². The van der Waals surface area contributed by atoms with Gasteiger partial charge < -0.3 is 5.32 Å². The summed E-state index contributed by atoms with van der Waals surface area (Å²) >= 11 is 0. The van der Waals surface area contributed by atoms with Gasteiger partial charge in [0.15, 0.2) is 17.0 Å². The second kappa shape index (κ2) is 5.19. The van der Waals surface area contributed by atoms with Gasteiger partial charge >= 0.3 is 6.18 Å². The van der Waals surface area contributed by atoms with E-state index in [1.165, 1.54) is 6.33 Å². The lowest BCUT2D eigenvalue weighted by atomic mass is 10.2. The Morgan fingerprint density at radius 1 is 1.12 bits per heavy atom. The van der Waals surface area contributed by atoms with Crippen LogP contribution in [0.2, 0.25) is 0 Å². The maximum absolute atomic E-state index is 13.2. The van der Waals surface area contributed by atoms with Gasteiger partial charge in [0.25, 0.3) is 0 Å². The van der Waals surface area contributed by atoms with Gasteiger partial charge in [0.2, 0.25) is 5.82 Å². The average Bonchev–Trinajstić information content (AvgIpc) is 3.23. The van der Waals surface area contributed by atoms with E-state index in [2.05, 4.69) is 20.3 Å². The molecule has 0 atom stereocenters. The van der Waals surface area contributed by atoms with E-state index in [1.807, 2.05) is 31.2 Å². The van der Waals surface area contributed by atoms with Crippen LogP contribution in [0.1, 0.15) is 24.2 Å². The lowest BCUT2D eigenvalue weighted by molar-refractivity contribution is -0.144. The number of fused-ring (bicyclic) bond motifs is 1. The molecule has 0 radical (unpaired) electrons. The molecule has 0 bridgehead atoms. The third-order valence-electron chi connectivity index (χ3n) is 3.88. The molecular weight excluding hydrogens is 319 g/mol. The van der Waals surface area contributed by atoms with Crippen LogP contribution in [-0.2, 0) is 6.18 Å². The van der Waals surface area contributed by atoms with E-state index >= 15 is 0 Å². The number of hydrogen-bond donors (Lipinski definition) is 1. The molecule has 2 aromatic heterocycles. The number of imidazole rings is 1. The van der Waals surface area contributed by atoms with Gasteiger partial charge in [0, 0.05) is 11.7 Å². The number of aryl methyl sites for hydroxylation is 1. The fourth-order valence-corrected chi connectivity index (χ4v) is 2.44. The van der Waals surface area contributed by atoms with E-state index in [0.717, 1.165) is 18.4 Å². The first-order valence-corrected chi connectivity index (χ1v) is 7.58. The third-order valence-corrected chi connectivity index (χ3v) is 3.88.